The van der Waals surface area contributed by atoms with Crippen molar-refractivity contribution in [3.8, 4) is 11.1 Å². The van der Waals surface area contributed by atoms with Gasteiger partial charge in [0.2, 0.25) is 5.78 Å². The third-order valence-corrected chi connectivity index (χ3v) is 6.24. The Labute approximate surface area is 172 Å². The molecule has 0 amide bonds. The maximum Gasteiger partial charge on any atom is 0.204 e. The zero-order valence-corrected chi connectivity index (χ0v) is 16.8. The molecule has 1 fully saturated rings. The van der Waals surface area contributed by atoms with Gasteiger partial charge in [-0.25, -0.2) is 0 Å². The first kappa shape index (κ1) is 18.5. The van der Waals surface area contributed by atoms with Crippen molar-refractivity contribution in [3.63, 3.8) is 0 Å². The second kappa shape index (κ2) is 8.03. The largest absolute Gasteiger partial charge is 0.378 e. The number of halogens is 2. The van der Waals surface area contributed by atoms with E-state index in [0.29, 0.717) is 33.7 Å². The minimum absolute atomic E-state index is 0.0849. The van der Waals surface area contributed by atoms with E-state index in [9.17, 15) is 4.79 Å². The number of carbonyl (C=O) groups is 1. The van der Waals surface area contributed by atoms with Crippen molar-refractivity contribution < 1.29 is 9.53 Å². The molecular weight excluding hydrogens is 401 g/mol. The zero-order chi connectivity index (χ0) is 18.8. The molecule has 0 saturated carbocycles. The Morgan fingerprint density at radius 2 is 1.74 bits per heavy atom. The van der Waals surface area contributed by atoms with Gasteiger partial charge in [-0.3, -0.25) is 4.79 Å². The SMILES string of the molecule is O=C(c1cc(-c2ccccc2)c(N2CCOCC2)s1)c1ccc(Cl)cc1Cl. The predicted molar refractivity (Wildman–Crippen MR) is 113 cm³/mol. The summed E-state index contributed by atoms with van der Waals surface area (Å²) >= 11 is 13.7. The summed E-state index contributed by atoms with van der Waals surface area (Å²) in [6, 6.07) is 17.1. The highest BCUT2D eigenvalue weighted by Crippen LogP contribution is 2.40. The lowest BCUT2D eigenvalue weighted by molar-refractivity contribution is 0.104. The number of ketones is 1. The lowest BCUT2D eigenvalue weighted by Crippen LogP contribution is -2.35. The summed E-state index contributed by atoms with van der Waals surface area (Å²) < 4.78 is 5.48. The maximum absolute atomic E-state index is 13.1. The number of anilines is 1. The molecule has 0 spiro atoms. The van der Waals surface area contributed by atoms with Crippen LogP contribution in [0.4, 0.5) is 5.00 Å². The highest BCUT2D eigenvalue weighted by Gasteiger charge is 2.23. The van der Waals surface area contributed by atoms with Crippen LogP contribution in [-0.2, 0) is 4.74 Å². The van der Waals surface area contributed by atoms with Crippen LogP contribution in [0.3, 0.4) is 0 Å². The summed E-state index contributed by atoms with van der Waals surface area (Å²) in [6.07, 6.45) is 0. The highest BCUT2D eigenvalue weighted by molar-refractivity contribution is 7.18. The average molecular weight is 418 g/mol. The molecule has 0 atom stereocenters. The van der Waals surface area contributed by atoms with Crippen molar-refractivity contribution >= 4 is 45.3 Å². The summed E-state index contributed by atoms with van der Waals surface area (Å²) in [5.41, 5.74) is 2.63. The molecule has 1 saturated heterocycles. The van der Waals surface area contributed by atoms with E-state index in [0.717, 1.165) is 29.2 Å². The number of nitrogens with zero attached hydrogens (tertiary/aromatic N) is 1. The quantitative estimate of drug-likeness (QED) is 0.503. The second-order valence-electron chi connectivity index (χ2n) is 6.25. The molecule has 0 radical (unpaired) electrons. The van der Waals surface area contributed by atoms with Crippen molar-refractivity contribution in [3.05, 3.63) is 75.1 Å². The molecule has 0 unspecified atom stereocenters. The molecular formula is C21H17Cl2NO2S. The van der Waals surface area contributed by atoms with Gasteiger partial charge in [-0.05, 0) is 29.8 Å². The number of ether oxygens (including phenoxy) is 1. The summed E-state index contributed by atoms with van der Waals surface area (Å²) in [5.74, 6) is -0.0849. The zero-order valence-electron chi connectivity index (χ0n) is 14.5. The normalized spacial score (nSPS) is 14.4. The van der Waals surface area contributed by atoms with E-state index < -0.39 is 0 Å². The molecule has 27 heavy (non-hydrogen) atoms. The minimum atomic E-state index is -0.0849. The Morgan fingerprint density at radius 3 is 2.44 bits per heavy atom. The molecule has 1 aromatic heterocycles. The molecule has 1 aliphatic heterocycles. The van der Waals surface area contributed by atoms with Gasteiger partial charge < -0.3 is 9.64 Å². The van der Waals surface area contributed by atoms with Gasteiger partial charge in [-0.2, -0.15) is 0 Å². The number of hydrogen-bond donors (Lipinski definition) is 0. The van der Waals surface area contributed by atoms with Crippen molar-refractivity contribution in [2.24, 2.45) is 0 Å². The Hall–Kier alpha value is -1.85. The first-order valence-corrected chi connectivity index (χ1v) is 10.2. The predicted octanol–water partition coefficient (Wildman–Crippen LogP) is 5.79. The first-order valence-electron chi connectivity index (χ1n) is 8.65. The van der Waals surface area contributed by atoms with Gasteiger partial charge in [0, 0.05) is 29.2 Å². The third-order valence-electron chi connectivity index (χ3n) is 4.50. The van der Waals surface area contributed by atoms with Crippen LogP contribution in [0.25, 0.3) is 11.1 Å². The molecule has 0 bridgehead atoms. The van der Waals surface area contributed by atoms with Gasteiger partial charge in [-0.1, -0.05) is 53.5 Å². The van der Waals surface area contributed by atoms with Crippen molar-refractivity contribution in [2.75, 3.05) is 31.2 Å². The molecule has 0 N–H and O–H groups in total. The Kier molecular flexibility index (Phi) is 5.50. The summed E-state index contributed by atoms with van der Waals surface area (Å²) in [6.45, 7) is 3.02. The number of benzene rings is 2. The molecule has 4 rings (SSSR count). The van der Waals surface area contributed by atoms with Crippen LogP contribution in [-0.4, -0.2) is 32.1 Å². The van der Waals surface area contributed by atoms with Crippen LogP contribution in [0.2, 0.25) is 10.0 Å². The van der Waals surface area contributed by atoms with Gasteiger partial charge in [0.25, 0.3) is 0 Å². The molecule has 2 aromatic carbocycles. The highest BCUT2D eigenvalue weighted by atomic mass is 35.5. The smallest absolute Gasteiger partial charge is 0.204 e. The number of rotatable bonds is 4. The number of carbonyl (C=O) groups excluding carboxylic acids is 1. The number of thiophene rings is 1. The van der Waals surface area contributed by atoms with E-state index >= 15 is 0 Å². The molecule has 3 nitrogen and oxygen atoms in total. The summed E-state index contributed by atoms with van der Waals surface area (Å²) in [4.78, 5) is 16.1. The van der Waals surface area contributed by atoms with Crippen molar-refractivity contribution in [2.45, 2.75) is 0 Å². The monoisotopic (exact) mass is 417 g/mol. The Bertz CT molecular complexity index is 966. The number of hydrogen-bond acceptors (Lipinski definition) is 4. The standard InChI is InChI=1S/C21H17Cl2NO2S/c22-15-6-7-16(18(23)12-15)20(25)19-13-17(14-4-2-1-3-5-14)21(27-19)24-8-10-26-11-9-24/h1-7,12-13H,8-11H2. The fraction of sp³-hybridized carbons (Fsp3) is 0.190. The van der Waals surface area contributed by atoms with Gasteiger partial charge in [0.15, 0.2) is 0 Å². The Balaban J connectivity index is 1.77. The van der Waals surface area contributed by atoms with Crippen molar-refractivity contribution in [1.82, 2.24) is 0 Å². The van der Waals surface area contributed by atoms with Gasteiger partial charge in [0.1, 0.15) is 0 Å². The lowest BCUT2D eigenvalue weighted by Gasteiger charge is -2.28. The molecule has 6 heteroatoms. The summed E-state index contributed by atoms with van der Waals surface area (Å²) in [5, 5.41) is 1.98. The van der Waals surface area contributed by atoms with Crippen LogP contribution in [0, 0.1) is 0 Å². The lowest BCUT2D eigenvalue weighted by atomic mass is 10.1. The van der Waals surface area contributed by atoms with Gasteiger partial charge in [-0.15, -0.1) is 11.3 Å². The minimum Gasteiger partial charge on any atom is -0.378 e. The van der Waals surface area contributed by atoms with E-state index in [1.54, 1.807) is 18.2 Å². The van der Waals surface area contributed by atoms with Crippen LogP contribution >= 0.6 is 34.5 Å². The first-order chi connectivity index (χ1) is 13.1. The van der Waals surface area contributed by atoms with Gasteiger partial charge in [0.05, 0.1) is 28.1 Å². The molecule has 2 heterocycles. The summed E-state index contributed by atoms with van der Waals surface area (Å²) in [7, 11) is 0. The van der Waals surface area contributed by atoms with E-state index in [4.69, 9.17) is 27.9 Å². The van der Waals surface area contributed by atoms with Crippen LogP contribution < -0.4 is 4.90 Å². The second-order valence-corrected chi connectivity index (χ2v) is 8.12. The van der Waals surface area contributed by atoms with E-state index in [1.807, 2.05) is 24.3 Å². The average Bonchev–Trinajstić information content (AvgIpc) is 3.14. The maximum atomic E-state index is 13.1. The van der Waals surface area contributed by atoms with Crippen LogP contribution in [0.5, 0.6) is 0 Å². The van der Waals surface area contributed by atoms with Crippen molar-refractivity contribution in [1.29, 1.82) is 0 Å². The fourth-order valence-corrected chi connectivity index (χ4v) is 4.81. The van der Waals surface area contributed by atoms with E-state index in [1.165, 1.54) is 11.3 Å². The molecule has 0 aliphatic carbocycles. The molecule has 1 aliphatic rings. The van der Waals surface area contributed by atoms with Crippen LogP contribution in [0.15, 0.2) is 54.6 Å². The van der Waals surface area contributed by atoms with E-state index in [-0.39, 0.29) is 5.78 Å². The Morgan fingerprint density at radius 1 is 1.00 bits per heavy atom. The fourth-order valence-electron chi connectivity index (χ4n) is 3.13. The van der Waals surface area contributed by atoms with E-state index in [2.05, 4.69) is 17.0 Å². The molecule has 138 valence electrons. The van der Waals surface area contributed by atoms with Crippen LogP contribution in [0.1, 0.15) is 15.2 Å². The molecule has 3 aromatic rings. The number of morpholine rings is 1. The van der Waals surface area contributed by atoms with Gasteiger partial charge >= 0.3 is 0 Å². The third kappa shape index (κ3) is 3.90. The topological polar surface area (TPSA) is 29.5 Å².